The van der Waals surface area contributed by atoms with E-state index in [9.17, 15) is 14.4 Å². The molecule has 0 heterocycles. The molecule has 0 aliphatic carbocycles. The van der Waals surface area contributed by atoms with Crippen molar-refractivity contribution in [2.45, 2.75) is 335 Å². The van der Waals surface area contributed by atoms with Gasteiger partial charge in [0.25, 0.3) is 0 Å². The van der Waals surface area contributed by atoms with Crippen LogP contribution in [-0.4, -0.2) is 37.2 Å². The molecule has 0 rings (SSSR count). The van der Waals surface area contributed by atoms with Gasteiger partial charge in [0.1, 0.15) is 13.2 Å². The Kier molecular flexibility index (Phi) is 62.2. The smallest absolute Gasteiger partial charge is 0.306 e. The Hall–Kier alpha value is -3.41. The molecule has 0 aromatic heterocycles. The van der Waals surface area contributed by atoms with Crippen LogP contribution in [0.1, 0.15) is 329 Å². The lowest BCUT2D eigenvalue weighted by molar-refractivity contribution is -0.167. The molecular weight excluding hydrogens is 949 g/mol. The molecule has 1 unspecified atom stereocenters. The average molecular weight is 1070 g/mol. The molecule has 0 spiro atoms. The van der Waals surface area contributed by atoms with Gasteiger partial charge in [0.05, 0.1) is 0 Å². The first-order valence-electron chi connectivity index (χ1n) is 33.1. The molecule has 6 nitrogen and oxygen atoms in total. The summed E-state index contributed by atoms with van der Waals surface area (Å²) in [6.07, 6.45) is 86.0. The molecule has 6 heteroatoms. The van der Waals surface area contributed by atoms with E-state index in [1.807, 2.05) is 0 Å². The topological polar surface area (TPSA) is 78.9 Å². The van der Waals surface area contributed by atoms with Gasteiger partial charge in [-0.25, -0.2) is 0 Å². The van der Waals surface area contributed by atoms with E-state index in [0.717, 1.165) is 83.5 Å². The van der Waals surface area contributed by atoms with Crippen molar-refractivity contribution in [3.05, 3.63) is 85.1 Å². The molecule has 1 atom stereocenters. The maximum Gasteiger partial charge on any atom is 0.306 e. The van der Waals surface area contributed by atoms with Gasteiger partial charge in [-0.2, -0.15) is 0 Å². The van der Waals surface area contributed by atoms with Crippen LogP contribution in [0.2, 0.25) is 0 Å². The number of hydrogen-bond acceptors (Lipinski definition) is 6. The summed E-state index contributed by atoms with van der Waals surface area (Å²) >= 11 is 0. The summed E-state index contributed by atoms with van der Waals surface area (Å²) in [6.45, 7) is 6.51. The molecule has 0 amide bonds. The van der Waals surface area contributed by atoms with Crippen LogP contribution in [0.3, 0.4) is 0 Å². The Morgan fingerprint density at radius 1 is 0.273 bits per heavy atom. The van der Waals surface area contributed by atoms with E-state index in [1.54, 1.807) is 0 Å². The highest BCUT2D eigenvalue weighted by Gasteiger charge is 2.19. The fourth-order valence-corrected chi connectivity index (χ4v) is 9.45. The average Bonchev–Trinajstić information content (AvgIpc) is 3.43. The minimum Gasteiger partial charge on any atom is -0.462 e. The van der Waals surface area contributed by atoms with Gasteiger partial charge in [-0.05, 0) is 89.9 Å². The predicted octanol–water partition coefficient (Wildman–Crippen LogP) is 22.7. The van der Waals surface area contributed by atoms with Crippen molar-refractivity contribution in [3.8, 4) is 0 Å². The Morgan fingerprint density at radius 3 is 0.831 bits per heavy atom. The largest absolute Gasteiger partial charge is 0.462 e. The Morgan fingerprint density at radius 2 is 0.519 bits per heavy atom. The summed E-state index contributed by atoms with van der Waals surface area (Å²) in [6, 6.07) is 0. The van der Waals surface area contributed by atoms with E-state index in [2.05, 4.69) is 106 Å². The third-order valence-corrected chi connectivity index (χ3v) is 14.4. The molecule has 77 heavy (non-hydrogen) atoms. The first-order valence-corrected chi connectivity index (χ1v) is 33.1. The first kappa shape index (κ1) is 73.6. The van der Waals surface area contributed by atoms with Gasteiger partial charge in [0.2, 0.25) is 0 Å². The maximum absolute atomic E-state index is 12.9. The van der Waals surface area contributed by atoms with Crippen LogP contribution in [0, 0.1) is 0 Å². The van der Waals surface area contributed by atoms with Crippen LogP contribution < -0.4 is 0 Å². The van der Waals surface area contributed by atoms with Gasteiger partial charge in [-0.15, -0.1) is 0 Å². The van der Waals surface area contributed by atoms with Crippen molar-refractivity contribution in [1.29, 1.82) is 0 Å². The monoisotopic (exact) mass is 1070 g/mol. The Balaban J connectivity index is 4.37. The fraction of sp³-hybridized carbons (Fsp3) is 0.761. The number of carbonyl (C=O) groups excluding carboxylic acids is 3. The van der Waals surface area contributed by atoms with E-state index in [1.165, 1.54) is 199 Å². The Bertz CT molecular complexity index is 1470. The van der Waals surface area contributed by atoms with E-state index < -0.39 is 6.10 Å². The van der Waals surface area contributed by atoms with Crippen molar-refractivity contribution in [1.82, 2.24) is 0 Å². The zero-order valence-electron chi connectivity index (χ0n) is 51.0. The number of carbonyl (C=O) groups is 3. The number of unbranched alkanes of at least 4 members (excludes halogenated alkanes) is 35. The van der Waals surface area contributed by atoms with Crippen molar-refractivity contribution in [2.24, 2.45) is 0 Å². The molecule has 0 aliphatic rings. The molecule has 0 saturated carbocycles. The van der Waals surface area contributed by atoms with Crippen LogP contribution in [0.4, 0.5) is 0 Å². The van der Waals surface area contributed by atoms with E-state index in [-0.39, 0.29) is 37.5 Å². The van der Waals surface area contributed by atoms with Gasteiger partial charge in [0, 0.05) is 19.3 Å². The Labute approximate surface area is 477 Å². The molecule has 0 aromatic rings. The van der Waals surface area contributed by atoms with Gasteiger partial charge in [0.15, 0.2) is 6.10 Å². The lowest BCUT2D eigenvalue weighted by Crippen LogP contribution is -2.30. The predicted molar refractivity (Wildman–Crippen MR) is 334 cm³/mol. The van der Waals surface area contributed by atoms with Crippen molar-refractivity contribution < 1.29 is 28.6 Å². The summed E-state index contributed by atoms with van der Waals surface area (Å²) in [4.78, 5) is 38.3. The zero-order chi connectivity index (χ0) is 55.7. The van der Waals surface area contributed by atoms with Crippen LogP contribution in [0.25, 0.3) is 0 Å². The zero-order valence-corrected chi connectivity index (χ0v) is 51.0. The lowest BCUT2D eigenvalue weighted by atomic mass is 10.0. The molecule has 0 fully saturated rings. The van der Waals surface area contributed by atoms with E-state index >= 15 is 0 Å². The van der Waals surface area contributed by atoms with Gasteiger partial charge < -0.3 is 14.2 Å². The molecule has 0 radical (unpaired) electrons. The number of hydrogen-bond donors (Lipinski definition) is 0. The van der Waals surface area contributed by atoms with Crippen LogP contribution in [-0.2, 0) is 28.6 Å². The maximum atomic E-state index is 12.9. The quantitative estimate of drug-likeness (QED) is 0.0261. The number of ether oxygens (including phenoxy) is 3. The molecule has 0 N–H and O–H groups in total. The van der Waals surface area contributed by atoms with E-state index in [0.29, 0.717) is 19.3 Å². The lowest BCUT2D eigenvalue weighted by Gasteiger charge is -2.18. The van der Waals surface area contributed by atoms with Gasteiger partial charge in [-0.3, -0.25) is 14.4 Å². The standard InChI is InChI=1S/C71H124O6/c1-4-7-10-13-16-19-22-25-28-31-32-33-34-35-36-37-38-41-43-46-49-52-55-58-61-64-70(73)76-67-68(77-71(74)65-62-59-56-53-50-47-44-40-30-27-24-21-18-15-12-9-6-3)66-75-69(72)63-60-57-54-51-48-45-42-39-29-26-23-20-17-14-11-8-5-2/h9,12,18,21-22,25,27,30-32,44,47,53,56,68H,4-8,10-11,13-17,19-20,23-24,26,28-29,33-43,45-46,48-52,54-55,57-67H2,1-3H3/b12-9-,21-18-,25-22-,30-27-,32-31-,47-44-,56-53-. The molecular formula is C71H124O6. The highest BCUT2D eigenvalue weighted by atomic mass is 16.6. The summed E-state index contributed by atoms with van der Waals surface area (Å²) in [5.41, 5.74) is 0. The minimum atomic E-state index is -0.806. The first-order chi connectivity index (χ1) is 38.0. The van der Waals surface area contributed by atoms with Crippen molar-refractivity contribution >= 4 is 17.9 Å². The molecule has 444 valence electrons. The van der Waals surface area contributed by atoms with Crippen LogP contribution >= 0.6 is 0 Å². The highest BCUT2D eigenvalue weighted by molar-refractivity contribution is 5.71. The van der Waals surface area contributed by atoms with Gasteiger partial charge in [-0.1, -0.05) is 305 Å². The van der Waals surface area contributed by atoms with Crippen molar-refractivity contribution in [3.63, 3.8) is 0 Å². The summed E-state index contributed by atoms with van der Waals surface area (Å²) in [5, 5.41) is 0. The SMILES string of the molecule is CC/C=C\C/C=C\C/C=C\C/C=C\C/C=C\CCCC(=O)OC(COC(=O)CCCCCCCCCCCCCCC/C=C\C/C=C\CCCCCCC)COC(=O)CCCCCCCCCCCCCCCCCCC. The van der Waals surface area contributed by atoms with Gasteiger partial charge >= 0.3 is 17.9 Å². The second-order valence-electron chi connectivity index (χ2n) is 22.0. The molecule has 0 aliphatic heterocycles. The second-order valence-corrected chi connectivity index (χ2v) is 22.0. The fourth-order valence-electron chi connectivity index (χ4n) is 9.45. The van der Waals surface area contributed by atoms with Crippen LogP contribution in [0.5, 0.6) is 0 Å². The van der Waals surface area contributed by atoms with Crippen LogP contribution in [0.15, 0.2) is 85.1 Å². The normalized spacial score (nSPS) is 12.6. The summed E-state index contributed by atoms with van der Waals surface area (Å²) in [5.74, 6) is -0.940. The number of allylic oxidation sites excluding steroid dienone is 14. The summed E-state index contributed by atoms with van der Waals surface area (Å²) in [7, 11) is 0. The molecule has 0 bridgehead atoms. The summed E-state index contributed by atoms with van der Waals surface area (Å²) < 4.78 is 16.9. The number of rotatable bonds is 60. The van der Waals surface area contributed by atoms with Crippen molar-refractivity contribution in [2.75, 3.05) is 13.2 Å². The third-order valence-electron chi connectivity index (χ3n) is 14.4. The molecule has 0 aromatic carbocycles. The second kappa shape index (κ2) is 65.1. The number of esters is 3. The molecule has 0 saturated heterocycles. The minimum absolute atomic E-state index is 0.0960. The van der Waals surface area contributed by atoms with E-state index in [4.69, 9.17) is 14.2 Å². The third kappa shape index (κ3) is 63.3. The highest BCUT2D eigenvalue weighted by Crippen LogP contribution is 2.17.